The van der Waals surface area contributed by atoms with Gasteiger partial charge in [0.05, 0.1) is 5.39 Å². The van der Waals surface area contributed by atoms with E-state index in [-0.39, 0.29) is 0 Å². The molecule has 3 rings (SSSR count). The zero-order valence-electron chi connectivity index (χ0n) is 10.1. The van der Waals surface area contributed by atoms with Gasteiger partial charge in [0.2, 0.25) is 6.20 Å². The summed E-state index contributed by atoms with van der Waals surface area (Å²) in [7, 11) is 0. The molecule has 0 aliphatic heterocycles. The lowest BCUT2D eigenvalue weighted by Crippen LogP contribution is -1.97. The predicted molar refractivity (Wildman–Crippen MR) is 71.1 cm³/mol. The topological polar surface area (TPSA) is 68.6 Å². The van der Waals surface area contributed by atoms with Crippen molar-refractivity contribution >= 4 is 16.6 Å². The number of nitrogens with zero attached hydrogens (tertiary/aromatic N) is 1. The van der Waals surface area contributed by atoms with Crippen LogP contribution in [0.5, 0.6) is 5.75 Å². The molecule has 5 heteroatoms. The highest BCUT2D eigenvalue weighted by Gasteiger charge is 2.10. The molecule has 0 saturated carbocycles. The van der Waals surface area contributed by atoms with Gasteiger partial charge in [-0.05, 0) is 16.8 Å². The summed E-state index contributed by atoms with van der Waals surface area (Å²) >= 11 is 0. The Balaban J connectivity index is 1.89. The smallest absolute Gasteiger partial charge is 0.200 e. The standard InChI is InChI=1S/C14H11N3O2/c18-17-13-6-11-8-15-16-12(11)7-14(13)19-9-10-4-2-1-3-5-10/h1-8H,9H2,(H,15,16)/p+1. The van der Waals surface area contributed by atoms with Crippen LogP contribution < -0.4 is 9.84 Å². The molecule has 0 aliphatic rings. The number of hydrogen-bond acceptors (Lipinski definition) is 3. The van der Waals surface area contributed by atoms with Crippen LogP contribution in [0.2, 0.25) is 0 Å². The number of nitroso groups, excluding NO2 is 1. The number of fused-ring (bicyclic) bond motifs is 1. The summed E-state index contributed by atoms with van der Waals surface area (Å²) in [5, 5.41) is 9.73. The minimum atomic E-state index is 0.302. The van der Waals surface area contributed by atoms with Crippen molar-refractivity contribution in [3.8, 4) is 5.75 Å². The predicted octanol–water partition coefficient (Wildman–Crippen LogP) is 2.96. The lowest BCUT2D eigenvalue weighted by molar-refractivity contribution is -0.446. The number of rotatable bonds is 4. The van der Waals surface area contributed by atoms with Crippen molar-refractivity contribution in [2.75, 3.05) is 0 Å². The molecule has 94 valence electrons. The maximum Gasteiger partial charge on any atom is 0.200 e. The molecule has 1 aromatic heterocycles. The van der Waals surface area contributed by atoms with Gasteiger partial charge in [0.1, 0.15) is 12.1 Å². The summed E-state index contributed by atoms with van der Waals surface area (Å²) < 4.78 is 5.66. The molecule has 0 aliphatic carbocycles. The number of H-pyrrole nitrogens is 2. The second kappa shape index (κ2) is 4.89. The fourth-order valence-corrected chi connectivity index (χ4v) is 1.93. The number of ether oxygens (including phenoxy) is 1. The molecule has 0 atom stereocenters. The lowest BCUT2D eigenvalue weighted by Gasteiger charge is -2.07. The largest absolute Gasteiger partial charge is 0.486 e. The number of hydrogen-bond donors (Lipinski definition) is 1. The Morgan fingerprint density at radius 1 is 1.21 bits per heavy atom. The molecule has 2 N–H and O–H groups in total. The summed E-state index contributed by atoms with van der Waals surface area (Å²) in [6.45, 7) is 0.402. The van der Waals surface area contributed by atoms with Crippen LogP contribution in [0.25, 0.3) is 10.9 Å². The Labute approximate surface area is 109 Å². The Morgan fingerprint density at radius 2 is 2.05 bits per heavy atom. The van der Waals surface area contributed by atoms with Crippen molar-refractivity contribution in [3.63, 3.8) is 0 Å². The van der Waals surface area contributed by atoms with Crippen molar-refractivity contribution in [2.24, 2.45) is 5.18 Å². The first-order valence-corrected chi connectivity index (χ1v) is 5.90. The van der Waals surface area contributed by atoms with E-state index in [2.05, 4.69) is 15.4 Å². The van der Waals surface area contributed by atoms with Crippen molar-refractivity contribution in [1.82, 2.24) is 5.10 Å². The van der Waals surface area contributed by atoms with Crippen LogP contribution >= 0.6 is 0 Å². The number of aromatic amines is 2. The Hall–Kier alpha value is -2.69. The third kappa shape index (κ3) is 2.30. The molecule has 0 spiro atoms. The molecule has 0 unspecified atom stereocenters. The molecule has 3 aromatic rings. The van der Waals surface area contributed by atoms with Crippen molar-refractivity contribution < 1.29 is 9.84 Å². The molecular formula is C14H12N3O2+. The highest BCUT2D eigenvalue weighted by molar-refractivity contribution is 5.83. The van der Waals surface area contributed by atoms with Crippen molar-refractivity contribution in [1.29, 1.82) is 0 Å². The van der Waals surface area contributed by atoms with E-state index in [1.807, 2.05) is 30.3 Å². The Bertz CT molecular complexity index is 707. The molecular weight excluding hydrogens is 242 g/mol. The van der Waals surface area contributed by atoms with E-state index in [4.69, 9.17) is 4.74 Å². The maximum absolute atomic E-state index is 10.9. The van der Waals surface area contributed by atoms with E-state index >= 15 is 0 Å². The van der Waals surface area contributed by atoms with Crippen LogP contribution in [-0.2, 0) is 6.61 Å². The molecule has 0 fully saturated rings. The second-order valence-electron chi connectivity index (χ2n) is 4.19. The first-order chi connectivity index (χ1) is 9.36. The van der Waals surface area contributed by atoms with Crippen LogP contribution in [-0.4, -0.2) is 5.10 Å². The van der Waals surface area contributed by atoms with Crippen LogP contribution in [0.4, 0.5) is 5.69 Å². The van der Waals surface area contributed by atoms with Crippen LogP contribution in [0.1, 0.15) is 5.56 Å². The van der Waals surface area contributed by atoms with E-state index in [1.54, 1.807) is 18.3 Å². The van der Waals surface area contributed by atoms with Gasteiger partial charge in [-0.25, -0.2) is 0 Å². The molecule has 0 saturated heterocycles. The lowest BCUT2D eigenvalue weighted by atomic mass is 10.2. The molecule has 0 radical (unpaired) electrons. The van der Waals surface area contributed by atoms with E-state index in [1.165, 1.54) is 0 Å². The molecule has 0 bridgehead atoms. The SMILES string of the molecule is O=Nc1cc2c[nH+][nH]c2cc1OCc1ccccc1. The van der Waals surface area contributed by atoms with Gasteiger partial charge in [0.15, 0.2) is 11.4 Å². The van der Waals surface area contributed by atoms with Crippen LogP contribution in [0.3, 0.4) is 0 Å². The van der Waals surface area contributed by atoms with Gasteiger partial charge in [-0.3, -0.25) is 0 Å². The van der Waals surface area contributed by atoms with Gasteiger partial charge in [0, 0.05) is 6.07 Å². The van der Waals surface area contributed by atoms with Crippen molar-refractivity contribution in [3.05, 3.63) is 59.1 Å². The van der Waals surface area contributed by atoms with Gasteiger partial charge in [-0.1, -0.05) is 30.3 Å². The summed E-state index contributed by atoms with van der Waals surface area (Å²) in [4.78, 5) is 10.9. The quantitative estimate of drug-likeness (QED) is 0.727. The monoisotopic (exact) mass is 254 g/mol. The highest BCUT2D eigenvalue weighted by atomic mass is 16.5. The van der Waals surface area contributed by atoms with Crippen molar-refractivity contribution in [2.45, 2.75) is 6.61 Å². The van der Waals surface area contributed by atoms with Gasteiger partial charge in [0.25, 0.3) is 0 Å². The molecule has 1 heterocycles. The summed E-state index contributed by atoms with van der Waals surface area (Å²) in [5.41, 5.74) is 2.21. The highest BCUT2D eigenvalue weighted by Crippen LogP contribution is 2.31. The molecule has 5 nitrogen and oxygen atoms in total. The Kier molecular flexibility index (Phi) is 2.94. The maximum atomic E-state index is 10.9. The van der Waals surface area contributed by atoms with Crippen LogP contribution in [0, 0.1) is 4.91 Å². The van der Waals surface area contributed by atoms with E-state index in [0.29, 0.717) is 18.0 Å². The number of benzene rings is 2. The zero-order valence-corrected chi connectivity index (χ0v) is 10.1. The molecule has 19 heavy (non-hydrogen) atoms. The minimum absolute atomic E-state index is 0.302. The minimum Gasteiger partial charge on any atom is -0.486 e. The summed E-state index contributed by atoms with van der Waals surface area (Å²) in [5.74, 6) is 0.474. The van der Waals surface area contributed by atoms with E-state index < -0.39 is 0 Å². The fraction of sp³-hybridized carbons (Fsp3) is 0.0714. The number of aromatic nitrogens is 2. The first-order valence-electron chi connectivity index (χ1n) is 5.90. The second-order valence-corrected chi connectivity index (χ2v) is 4.19. The van der Waals surface area contributed by atoms with E-state index in [9.17, 15) is 4.91 Å². The molecule has 0 amide bonds. The van der Waals surface area contributed by atoms with Gasteiger partial charge >= 0.3 is 0 Å². The van der Waals surface area contributed by atoms with E-state index in [0.717, 1.165) is 16.5 Å². The normalized spacial score (nSPS) is 10.5. The van der Waals surface area contributed by atoms with Gasteiger partial charge < -0.3 is 4.74 Å². The summed E-state index contributed by atoms with van der Waals surface area (Å²) in [6, 6.07) is 13.2. The fourth-order valence-electron chi connectivity index (χ4n) is 1.93. The first kappa shape index (κ1) is 11.4. The third-order valence-electron chi connectivity index (χ3n) is 2.90. The Morgan fingerprint density at radius 3 is 2.84 bits per heavy atom. The van der Waals surface area contributed by atoms with Gasteiger partial charge in [-0.15, -0.1) is 10.0 Å². The van der Waals surface area contributed by atoms with Gasteiger partial charge in [-0.2, -0.15) is 5.10 Å². The number of nitrogens with one attached hydrogen (secondary N) is 2. The average Bonchev–Trinajstić information content (AvgIpc) is 2.92. The average molecular weight is 254 g/mol. The van der Waals surface area contributed by atoms with Crippen LogP contribution in [0.15, 0.2) is 53.8 Å². The zero-order chi connectivity index (χ0) is 13.1. The third-order valence-corrected chi connectivity index (χ3v) is 2.90. The summed E-state index contributed by atoms with van der Waals surface area (Å²) in [6.07, 6.45) is 1.77. The molecule has 2 aromatic carbocycles.